The van der Waals surface area contributed by atoms with Crippen LogP contribution in [0.25, 0.3) is 0 Å². The van der Waals surface area contributed by atoms with Crippen molar-refractivity contribution in [2.24, 2.45) is 0 Å². The predicted octanol–water partition coefficient (Wildman–Crippen LogP) is 4.51. The van der Waals surface area contributed by atoms with Crippen LogP contribution < -0.4 is 0 Å². The predicted molar refractivity (Wildman–Crippen MR) is 92.5 cm³/mol. The maximum absolute atomic E-state index is 12.2. The normalized spacial score (nSPS) is 10.4. The summed E-state index contributed by atoms with van der Waals surface area (Å²) >= 11 is 5.06. The highest BCUT2D eigenvalue weighted by atomic mass is 79.9. The lowest BCUT2D eigenvalue weighted by Crippen LogP contribution is -2.28. The quantitative estimate of drug-likeness (QED) is 0.728. The van der Waals surface area contributed by atoms with Gasteiger partial charge in [0.25, 0.3) is 0 Å². The average Bonchev–Trinajstić information content (AvgIpc) is 2.48. The zero-order valence-corrected chi connectivity index (χ0v) is 14.6. The summed E-state index contributed by atoms with van der Waals surface area (Å²) in [5.74, 6) is 0.587. The Morgan fingerprint density at radius 2 is 1.81 bits per heavy atom. The van der Waals surface area contributed by atoms with E-state index in [1.165, 1.54) is 11.1 Å². The Morgan fingerprint density at radius 1 is 1.14 bits per heavy atom. The average molecular weight is 364 g/mol. The van der Waals surface area contributed by atoms with Gasteiger partial charge in [-0.2, -0.15) is 0 Å². The van der Waals surface area contributed by atoms with E-state index in [0.29, 0.717) is 12.3 Å². The molecule has 0 saturated heterocycles. The highest BCUT2D eigenvalue weighted by Gasteiger charge is 2.11. The van der Waals surface area contributed by atoms with Gasteiger partial charge in [0.1, 0.15) is 0 Å². The van der Waals surface area contributed by atoms with Crippen LogP contribution in [-0.2, 0) is 11.3 Å². The molecule has 21 heavy (non-hydrogen) atoms. The van der Waals surface area contributed by atoms with Crippen LogP contribution in [0.5, 0.6) is 0 Å². The molecular formula is C17H18BrNOS. The number of thioether (sulfide) groups is 1. The first-order valence-electron chi connectivity index (χ1n) is 6.73. The minimum absolute atomic E-state index is 0.138. The van der Waals surface area contributed by atoms with E-state index in [4.69, 9.17) is 0 Å². The molecule has 0 spiro atoms. The number of carbonyl (C=O) groups excluding carboxylic acids is 1. The number of halogens is 1. The molecule has 0 radical (unpaired) electrons. The number of rotatable bonds is 5. The molecule has 2 nitrogen and oxygen atoms in total. The van der Waals surface area contributed by atoms with Crippen molar-refractivity contribution in [2.45, 2.75) is 18.4 Å². The maximum atomic E-state index is 12.2. The summed E-state index contributed by atoms with van der Waals surface area (Å²) in [6.45, 7) is 2.73. The molecule has 0 fully saturated rings. The van der Waals surface area contributed by atoms with E-state index in [1.54, 1.807) is 16.7 Å². The van der Waals surface area contributed by atoms with Gasteiger partial charge in [0.05, 0.1) is 5.75 Å². The highest BCUT2D eigenvalue weighted by Crippen LogP contribution is 2.27. The fraction of sp³-hybridized carbons (Fsp3) is 0.235. The number of aryl methyl sites for hydroxylation is 1. The van der Waals surface area contributed by atoms with E-state index in [0.717, 1.165) is 9.37 Å². The number of amides is 1. The van der Waals surface area contributed by atoms with E-state index < -0.39 is 0 Å². The zero-order chi connectivity index (χ0) is 15.2. The summed E-state index contributed by atoms with van der Waals surface area (Å²) in [4.78, 5) is 15.1. The lowest BCUT2D eigenvalue weighted by Gasteiger charge is -2.18. The van der Waals surface area contributed by atoms with E-state index in [1.807, 2.05) is 43.4 Å². The Bertz CT molecular complexity index is 630. The molecule has 4 heteroatoms. The Kier molecular flexibility index (Phi) is 5.88. The van der Waals surface area contributed by atoms with Crippen LogP contribution in [0.1, 0.15) is 11.1 Å². The fourth-order valence-electron chi connectivity index (χ4n) is 1.94. The SMILES string of the molecule is Cc1ccccc1CN(C)C(=O)CSc1ccccc1Br. The molecule has 0 bridgehead atoms. The highest BCUT2D eigenvalue weighted by molar-refractivity contribution is 9.10. The van der Waals surface area contributed by atoms with Crippen LogP contribution in [0.2, 0.25) is 0 Å². The summed E-state index contributed by atoms with van der Waals surface area (Å²) in [6.07, 6.45) is 0. The minimum Gasteiger partial charge on any atom is -0.341 e. The molecule has 0 unspecified atom stereocenters. The summed E-state index contributed by atoms with van der Waals surface area (Å²) in [5.41, 5.74) is 2.41. The molecule has 1 amide bonds. The van der Waals surface area contributed by atoms with Gasteiger partial charge in [-0.1, -0.05) is 36.4 Å². The largest absolute Gasteiger partial charge is 0.341 e. The molecule has 0 aliphatic heterocycles. The Balaban J connectivity index is 1.91. The standard InChI is InChI=1S/C17H18BrNOS/c1-13-7-3-4-8-14(13)11-19(2)17(20)12-21-16-10-6-5-9-15(16)18/h3-10H,11-12H2,1-2H3. The molecule has 0 aromatic heterocycles. The Morgan fingerprint density at radius 3 is 2.52 bits per heavy atom. The van der Waals surface area contributed by atoms with Crippen molar-refractivity contribution in [2.75, 3.05) is 12.8 Å². The van der Waals surface area contributed by atoms with Crippen LogP contribution in [-0.4, -0.2) is 23.6 Å². The van der Waals surface area contributed by atoms with Crippen molar-refractivity contribution in [1.82, 2.24) is 4.90 Å². The first-order valence-corrected chi connectivity index (χ1v) is 8.51. The third-order valence-corrected chi connectivity index (χ3v) is 5.29. The van der Waals surface area contributed by atoms with Crippen molar-refractivity contribution in [3.05, 3.63) is 64.1 Å². The number of hydrogen-bond donors (Lipinski definition) is 0. The third kappa shape index (κ3) is 4.61. The van der Waals surface area contributed by atoms with Gasteiger partial charge in [0.2, 0.25) is 5.91 Å². The van der Waals surface area contributed by atoms with Crippen LogP contribution >= 0.6 is 27.7 Å². The Labute approximate surface area is 138 Å². The monoisotopic (exact) mass is 363 g/mol. The first-order chi connectivity index (χ1) is 10.1. The second-order valence-electron chi connectivity index (χ2n) is 4.90. The van der Waals surface area contributed by atoms with Gasteiger partial charge >= 0.3 is 0 Å². The molecule has 0 N–H and O–H groups in total. The molecule has 0 aliphatic rings. The molecule has 0 heterocycles. The number of carbonyl (C=O) groups is 1. The van der Waals surface area contributed by atoms with E-state index >= 15 is 0 Å². The van der Waals surface area contributed by atoms with Crippen molar-refractivity contribution >= 4 is 33.6 Å². The van der Waals surface area contributed by atoms with E-state index in [2.05, 4.69) is 35.0 Å². The van der Waals surface area contributed by atoms with Gasteiger partial charge < -0.3 is 4.90 Å². The third-order valence-electron chi connectivity index (χ3n) is 3.28. The van der Waals surface area contributed by atoms with Crippen LogP contribution in [0.3, 0.4) is 0 Å². The van der Waals surface area contributed by atoms with Gasteiger partial charge in [-0.05, 0) is 46.1 Å². The van der Waals surface area contributed by atoms with Gasteiger partial charge in [0, 0.05) is 23.0 Å². The van der Waals surface area contributed by atoms with Gasteiger partial charge in [-0.3, -0.25) is 4.79 Å². The van der Waals surface area contributed by atoms with Crippen LogP contribution in [0.15, 0.2) is 57.9 Å². The first kappa shape index (κ1) is 16.1. The molecule has 2 aromatic carbocycles. The second kappa shape index (κ2) is 7.66. The summed E-state index contributed by atoms with van der Waals surface area (Å²) < 4.78 is 1.03. The van der Waals surface area contributed by atoms with Crippen LogP contribution in [0.4, 0.5) is 0 Å². The number of nitrogens with zero attached hydrogens (tertiary/aromatic N) is 1. The fourth-order valence-corrected chi connectivity index (χ4v) is 3.45. The molecule has 0 aliphatic carbocycles. The lowest BCUT2D eigenvalue weighted by atomic mass is 10.1. The molecule has 0 atom stereocenters. The topological polar surface area (TPSA) is 20.3 Å². The molecule has 110 valence electrons. The minimum atomic E-state index is 0.138. The van der Waals surface area contributed by atoms with Gasteiger partial charge in [-0.25, -0.2) is 0 Å². The molecule has 2 aromatic rings. The zero-order valence-electron chi connectivity index (χ0n) is 12.2. The van der Waals surface area contributed by atoms with Crippen LogP contribution in [0, 0.1) is 6.92 Å². The van der Waals surface area contributed by atoms with Crippen molar-refractivity contribution in [1.29, 1.82) is 0 Å². The van der Waals surface area contributed by atoms with E-state index in [-0.39, 0.29) is 5.91 Å². The van der Waals surface area contributed by atoms with Crippen molar-refractivity contribution < 1.29 is 4.79 Å². The summed E-state index contributed by atoms with van der Waals surface area (Å²) in [7, 11) is 1.86. The Hall–Kier alpha value is -1.26. The summed E-state index contributed by atoms with van der Waals surface area (Å²) in [5, 5.41) is 0. The second-order valence-corrected chi connectivity index (χ2v) is 6.77. The smallest absolute Gasteiger partial charge is 0.232 e. The molecule has 2 rings (SSSR count). The maximum Gasteiger partial charge on any atom is 0.232 e. The van der Waals surface area contributed by atoms with Gasteiger partial charge in [-0.15, -0.1) is 11.8 Å². The number of hydrogen-bond acceptors (Lipinski definition) is 2. The number of benzene rings is 2. The van der Waals surface area contributed by atoms with Crippen molar-refractivity contribution in [3.63, 3.8) is 0 Å². The van der Waals surface area contributed by atoms with Gasteiger partial charge in [0.15, 0.2) is 0 Å². The van der Waals surface area contributed by atoms with E-state index in [9.17, 15) is 4.79 Å². The molecule has 0 saturated carbocycles. The molecular weight excluding hydrogens is 346 g/mol. The van der Waals surface area contributed by atoms with Crippen molar-refractivity contribution in [3.8, 4) is 0 Å². The lowest BCUT2D eigenvalue weighted by molar-refractivity contribution is -0.127. The summed E-state index contributed by atoms with van der Waals surface area (Å²) in [6, 6.07) is 16.1.